The number of para-hydroxylation sites is 1. The van der Waals surface area contributed by atoms with E-state index in [0.717, 1.165) is 17.7 Å². The zero-order valence-corrected chi connectivity index (χ0v) is 11.5. The zero-order chi connectivity index (χ0) is 14.4. The highest BCUT2D eigenvalue weighted by Gasteiger charge is 2.16. The van der Waals surface area contributed by atoms with Crippen LogP contribution in [0.15, 0.2) is 42.7 Å². The molecule has 5 nitrogen and oxygen atoms in total. The Kier molecular flexibility index (Phi) is 4.90. The third-order valence-corrected chi connectivity index (χ3v) is 3.16. The number of benzene rings is 1. The molecule has 2 aromatic rings. The van der Waals surface area contributed by atoms with Crippen LogP contribution in [0.4, 0.5) is 0 Å². The van der Waals surface area contributed by atoms with Crippen LogP contribution in [-0.4, -0.2) is 26.9 Å². The molecule has 1 aromatic heterocycles. The predicted molar refractivity (Wildman–Crippen MR) is 76.7 cm³/mol. The molecule has 0 aliphatic rings. The van der Waals surface area contributed by atoms with E-state index in [2.05, 4.69) is 10.4 Å². The molecule has 0 fully saturated rings. The topological polar surface area (TPSA) is 67.2 Å². The SMILES string of the molecule is CCCC(NCc1ccccc1-n1cccn1)C(=O)O. The van der Waals surface area contributed by atoms with Gasteiger partial charge in [-0.25, -0.2) is 4.68 Å². The van der Waals surface area contributed by atoms with Gasteiger partial charge in [-0.05, 0) is 24.1 Å². The van der Waals surface area contributed by atoms with Crippen LogP contribution in [-0.2, 0) is 11.3 Å². The largest absolute Gasteiger partial charge is 0.480 e. The van der Waals surface area contributed by atoms with Crippen molar-refractivity contribution in [1.29, 1.82) is 0 Å². The van der Waals surface area contributed by atoms with Crippen molar-refractivity contribution in [2.75, 3.05) is 0 Å². The number of aromatic nitrogens is 2. The summed E-state index contributed by atoms with van der Waals surface area (Å²) in [6.07, 6.45) is 5.06. The van der Waals surface area contributed by atoms with Crippen molar-refractivity contribution in [2.24, 2.45) is 0 Å². The smallest absolute Gasteiger partial charge is 0.320 e. The van der Waals surface area contributed by atoms with Gasteiger partial charge in [0.2, 0.25) is 0 Å². The molecule has 0 saturated carbocycles. The van der Waals surface area contributed by atoms with Crippen LogP contribution in [0, 0.1) is 0 Å². The number of carbonyl (C=O) groups is 1. The van der Waals surface area contributed by atoms with Crippen molar-refractivity contribution in [3.05, 3.63) is 48.3 Å². The fraction of sp³-hybridized carbons (Fsp3) is 0.333. The molecule has 0 amide bonds. The minimum atomic E-state index is -0.802. The Balaban J connectivity index is 2.12. The molecule has 0 saturated heterocycles. The molecule has 106 valence electrons. The van der Waals surface area contributed by atoms with E-state index in [1.54, 1.807) is 10.9 Å². The number of aliphatic carboxylic acids is 1. The van der Waals surface area contributed by atoms with Gasteiger partial charge in [0.15, 0.2) is 0 Å². The summed E-state index contributed by atoms with van der Waals surface area (Å²) in [5, 5.41) is 16.5. The lowest BCUT2D eigenvalue weighted by molar-refractivity contribution is -0.139. The maximum absolute atomic E-state index is 11.1. The molecule has 0 aliphatic carbocycles. The molecule has 1 aromatic carbocycles. The van der Waals surface area contributed by atoms with E-state index in [-0.39, 0.29) is 0 Å². The second-order valence-corrected chi connectivity index (χ2v) is 4.64. The van der Waals surface area contributed by atoms with E-state index in [9.17, 15) is 4.79 Å². The first-order valence-corrected chi connectivity index (χ1v) is 6.76. The number of nitrogens with zero attached hydrogens (tertiary/aromatic N) is 2. The first-order chi connectivity index (χ1) is 9.72. The highest BCUT2D eigenvalue weighted by molar-refractivity contribution is 5.73. The summed E-state index contributed by atoms with van der Waals surface area (Å²) < 4.78 is 1.78. The first kappa shape index (κ1) is 14.3. The molecule has 1 unspecified atom stereocenters. The fourth-order valence-corrected chi connectivity index (χ4v) is 2.13. The lowest BCUT2D eigenvalue weighted by Crippen LogP contribution is -2.36. The Bertz CT molecular complexity index is 552. The normalized spacial score (nSPS) is 12.2. The van der Waals surface area contributed by atoms with Crippen LogP contribution in [0.1, 0.15) is 25.3 Å². The summed E-state index contributed by atoms with van der Waals surface area (Å²) in [6, 6.07) is 9.20. The Hall–Kier alpha value is -2.14. The van der Waals surface area contributed by atoms with Gasteiger partial charge < -0.3 is 10.4 Å². The van der Waals surface area contributed by atoms with Crippen LogP contribution in [0.5, 0.6) is 0 Å². The third kappa shape index (κ3) is 3.45. The molecule has 0 aliphatic heterocycles. The highest BCUT2D eigenvalue weighted by Crippen LogP contribution is 2.13. The van der Waals surface area contributed by atoms with Gasteiger partial charge in [-0.1, -0.05) is 31.5 Å². The Labute approximate surface area is 118 Å². The van der Waals surface area contributed by atoms with Crippen molar-refractivity contribution in [3.8, 4) is 5.69 Å². The van der Waals surface area contributed by atoms with E-state index >= 15 is 0 Å². The molecular formula is C15H19N3O2. The lowest BCUT2D eigenvalue weighted by atomic mass is 10.1. The number of carboxylic acid groups (broad SMARTS) is 1. The summed E-state index contributed by atoms with van der Waals surface area (Å²) in [7, 11) is 0. The molecular weight excluding hydrogens is 254 g/mol. The van der Waals surface area contributed by atoms with Crippen LogP contribution < -0.4 is 5.32 Å². The average Bonchev–Trinajstić information content (AvgIpc) is 2.97. The molecule has 20 heavy (non-hydrogen) atoms. The summed E-state index contributed by atoms with van der Waals surface area (Å²) >= 11 is 0. The molecule has 1 heterocycles. The summed E-state index contributed by atoms with van der Waals surface area (Å²) in [4.78, 5) is 11.1. The van der Waals surface area contributed by atoms with Gasteiger partial charge in [0, 0.05) is 18.9 Å². The number of hydrogen-bond donors (Lipinski definition) is 2. The van der Waals surface area contributed by atoms with Crippen LogP contribution in [0.25, 0.3) is 5.69 Å². The first-order valence-electron chi connectivity index (χ1n) is 6.76. The predicted octanol–water partition coefficient (Wildman–Crippen LogP) is 2.22. The monoisotopic (exact) mass is 273 g/mol. The van der Waals surface area contributed by atoms with E-state index < -0.39 is 12.0 Å². The number of carboxylic acids is 1. The zero-order valence-electron chi connectivity index (χ0n) is 11.5. The quantitative estimate of drug-likeness (QED) is 0.811. The molecule has 0 spiro atoms. The van der Waals surface area contributed by atoms with E-state index in [0.29, 0.717) is 13.0 Å². The van der Waals surface area contributed by atoms with Gasteiger partial charge in [-0.2, -0.15) is 5.10 Å². The molecule has 0 bridgehead atoms. The van der Waals surface area contributed by atoms with Gasteiger partial charge in [0.05, 0.1) is 5.69 Å². The minimum absolute atomic E-state index is 0.507. The summed E-state index contributed by atoms with van der Waals surface area (Å²) in [6.45, 7) is 2.49. The van der Waals surface area contributed by atoms with Crippen molar-refractivity contribution in [1.82, 2.24) is 15.1 Å². The average molecular weight is 273 g/mol. The van der Waals surface area contributed by atoms with Crippen LogP contribution >= 0.6 is 0 Å². The molecule has 2 rings (SSSR count). The van der Waals surface area contributed by atoms with Crippen LogP contribution in [0.3, 0.4) is 0 Å². The molecule has 0 radical (unpaired) electrons. The van der Waals surface area contributed by atoms with Crippen molar-refractivity contribution in [3.63, 3.8) is 0 Å². The summed E-state index contributed by atoms with van der Waals surface area (Å²) in [5.74, 6) is -0.802. The number of rotatable bonds is 7. The van der Waals surface area contributed by atoms with Crippen molar-refractivity contribution < 1.29 is 9.90 Å². The lowest BCUT2D eigenvalue weighted by Gasteiger charge is -2.15. The maximum atomic E-state index is 11.1. The van der Waals surface area contributed by atoms with Gasteiger partial charge >= 0.3 is 5.97 Å². The maximum Gasteiger partial charge on any atom is 0.320 e. The Morgan fingerprint density at radius 1 is 1.40 bits per heavy atom. The van der Waals surface area contributed by atoms with E-state index in [1.807, 2.05) is 43.5 Å². The van der Waals surface area contributed by atoms with Gasteiger partial charge in [-0.3, -0.25) is 4.79 Å². The minimum Gasteiger partial charge on any atom is -0.480 e. The van der Waals surface area contributed by atoms with Gasteiger partial charge in [0.25, 0.3) is 0 Å². The standard InChI is InChI=1S/C15H19N3O2/c1-2-6-13(15(19)20)16-11-12-7-3-4-8-14(12)18-10-5-9-17-18/h3-5,7-10,13,16H,2,6,11H2,1H3,(H,19,20). The molecule has 2 N–H and O–H groups in total. The second kappa shape index (κ2) is 6.86. The Morgan fingerprint density at radius 3 is 2.85 bits per heavy atom. The second-order valence-electron chi connectivity index (χ2n) is 4.64. The van der Waals surface area contributed by atoms with E-state index in [1.165, 1.54) is 0 Å². The Morgan fingerprint density at radius 2 is 2.20 bits per heavy atom. The highest BCUT2D eigenvalue weighted by atomic mass is 16.4. The number of nitrogens with one attached hydrogen (secondary N) is 1. The summed E-state index contributed by atoms with van der Waals surface area (Å²) in [5.41, 5.74) is 1.99. The van der Waals surface area contributed by atoms with Gasteiger partial charge in [-0.15, -0.1) is 0 Å². The third-order valence-electron chi connectivity index (χ3n) is 3.16. The van der Waals surface area contributed by atoms with Crippen molar-refractivity contribution in [2.45, 2.75) is 32.4 Å². The molecule has 5 heteroatoms. The van der Waals surface area contributed by atoms with Gasteiger partial charge in [0.1, 0.15) is 6.04 Å². The molecule has 1 atom stereocenters. The van der Waals surface area contributed by atoms with Crippen LogP contribution in [0.2, 0.25) is 0 Å². The van der Waals surface area contributed by atoms with Crippen molar-refractivity contribution >= 4 is 5.97 Å². The fourth-order valence-electron chi connectivity index (χ4n) is 2.13. The van der Waals surface area contributed by atoms with E-state index in [4.69, 9.17) is 5.11 Å². The number of hydrogen-bond acceptors (Lipinski definition) is 3.